The van der Waals surface area contributed by atoms with Crippen molar-refractivity contribution in [1.29, 1.82) is 0 Å². The highest BCUT2D eigenvalue weighted by Gasteiger charge is 2.19. The summed E-state index contributed by atoms with van der Waals surface area (Å²) in [5.41, 5.74) is 1.92. The van der Waals surface area contributed by atoms with Crippen LogP contribution in [-0.4, -0.2) is 21.5 Å². The van der Waals surface area contributed by atoms with Crippen LogP contribution in [0.15, 0.2) is 24.3 Å². The summed E-state index contributed by atoms with van der Waals surface area (Å²) in [6, 6.07) is 7.67. The Kier molecular flexibility index (Phi) is 5.32. The Hall–Kier alpha value is -0.960. The van der Waals surface area contributed by atoms with E-state index < -0.39 is 10.8 Å². The number of benzene rings is 1. The number of rotatable bonds is 6. The first kappa shape index (κ1) is 14.4. The number of ketones is 1. The summed E-state index contributed by atoms with van der Waals surface area (Å²) in [7, 11) is -0.997. The minimum Gasteiger partial charge on any atom is -0.293 e. The largest absolute Gasteiger partial charge is 0.293 e. The van der Waals surface area contributed by atoms with Crippen LogP contribution >= 0.6 is 0 Å². The first-order valence-electron chi connectivity index (χ1n) is 7.16. The van der Waals surface area contributed by atoms with E-state index in [0.29, 0.717) is 17.2 Å². The number of carbonyl (C=O) groups is 1. The van der Waals surface area contributed by atoms with E-state index in [1.807, 2.05) is 24.3 Å². The summed E-state index contributed by atoms with van der Waals surface area (Å²) in [6.07, 6.45) is 5.86. The lowest BCUT2D eigenvalue weighted by atomic mass is 10.1. The normalized spacial score (nSPS) is 17.5. The molecule has 2 nitrogen and oxygen atoms in total. The van der Waals surface area contributed by atoms with E-state index in [-0.39, 0.29) is 11.5 Å². The van der Waals surface area contributed by atoms with E-state index in [4.69, 9.17) is 0 Å². The molecule has 104 valence electrons. The van der Waals surface area contributed by atoms with Crippen molar-refractivity contribution in [1.82, 2.24) is 0 Å². The van der Waals surface area contributed by atoms with E-state index >= 15 is 0 Å². The van der Waals surface area contributed by atoms with Crippen LogP contribution in [0, 0.1) is 5.92 Å². The maximum atomic E-state index is 12.0. The summed E-state index contributed by atoms with van der Waals surface area (Å²) >= 11 is 0. The van der Waals surface area contributed by atoms with E-state index in [2.05, 4.69) is 6.92 Å². The van der Waals surface area contributed by atoms with Crippen LogP contribution in [-0.2, 0) is 17.2 Å². The predicted molar refractivity (Wildman–Crippen MR) is 80.0 cm³/mol. The van der Waals surface area contributed by atoms with Gasteiger partial charge in [-0.2, -0.15) is 0 Å². The van der Waals surface area contributed by atoms with Crippen molar-refractivity contribution in [2.45, 2.75) is 39.0 Å². The Bertz CT molecular complexity index is 444. The van der Waals surface area contributed by atoms with Crippen molar-refractivity contribution in [3.63, 3.8) is 0 Å². The van der Waals surface area contributed by atoms with Crippen LogP contribution in [0.2, 0.25) is 0 Å². The number of carbonyl (C=O) groups excluding carboxylic acids is 1. The Morgan fingerprint density at radius 1 is 1.21 bits per heavy atom. The second kappa shape index (κ2) is 6.99. The summed E-state index contributed by atoms with van der Waals surface area (Å²) in [5.74, 6) is 1.48. The van der Waals surface area contributed by atoms with E-state index in [1.165, 1.54) is 31.2 Å². The van der Waals surface area contributed by atoms with Gasteiger partial charge in [0.05, 0.1) is 5.75 Å². The molecule has 1 fully saturated rings. The SMILES string of the molecule is CCc1ccc(C(=O)CS(=O)CC2CCCC2)cc1. The van der Waals surface area contributed by atoms with Gasteiger partial charge < -0.3 is 0 Å². The lowest BCUT2D eigenvalue weighted by Crippen LogP contribution is -2.17. The van der Waals surface area contributed by atoms with Crippen molar-refractivity contribution < 1.29 is 9.00 Å². The molecule has 1 aromatic rings. The minimum atomic E-state index is -0.997. The highest BCUT2D eigenvalue weighted by Crippen LogP contribution is 2.25. The van der Waals surface area contributed by atoms with Gasteiger partial charge in [-0.25, -0.2) is 0 Å². The molecule has 0 heterocycles. The summed E-state index contributed by atoms with van der Waals surface area (Å²) in [5, 5.41) is 0. The molecule has 0 radical (unpaired) electrons. The maximum absolute atomic E-state index is 12.0. The molecule has 1 unspecified atom stereocenters. The smallest absolute Gasteiger partial charge is 0.175 e. The van der Waals surface area contributed by atoms with Crippen LogP contribution in [0.1, 0.15) is 48.5 Å². The van der Waals surface area contributed by atoms with Crippen molar-refractivity contribution in [3.05, 3.63) is 35.4 Å². The van der Waals surface area contributed by atoms with E-state index in [1.54, 1.807) is 0 Å². The first-order valence-corrected chi connectivity index (χ1v) is 8.65. The second-order valence-corrected chi connectivity index (χ2v) is 6.88. The third-order valence-electron chi connectivity index (χ3n) is 3.87. The average molecular weight is 278 g/mol. The molecule has 0 bridgehead atoms. The number of aryl methyl sites for hydroxylation is 1. The number of hydrogen-bond donors (Lipinski definition) is 0. The quantitative estimate of drug-likeness (QED) is 0.748. The molecular formula is C16H22O2S. The summed E-state index contributed by atoms with van der Waals surface area (Å²) in [6.45, 7) is 2.09. The van der Waals surface area contributed by atoms with Crippen molar-refractivity contribution in [3.8, 4) is 0 Å². The van der Waals surface area contributed by atoms with Gasteiger partial charge in [-0.15, -0.1) is 0 Å². The van der Waals surface area contributed by atoms with E-state index in [9.17, 15) is 9.00 Å². The third-order valence-corrected chi connectivity index (χ3v) is 5.30. The standard InChI is InChI=1S/C16H22O2S/c1-2-13-7-9-15(10-8-13)16(17)12-19(18)11-14-5-3-4-6-14/h7-10,14H,2-6,11-12H2,1H3. The molecule has 2 rings (SSSR count). The molecule has 3 heteroatoms. The summed E-state index contributed by atoms with van der Waals surface area (Å²) < 4.78 is 12.0. The Morgan fingerprint density at radius 3 is 2.42 bits per heavy atom. The molecule has 0 aromatic heterocycles. The zero-order valence-electron chi connectivity index (χ0n) is 11.6. The van der Waals surface area contributed by atoms with Crippen molar-refractivity contribution >= 4 is 16.6 Å². The topological polar surface area (TPSA) is 34.1 Å². The van der Waals surface area contributed by atoms with Gasteiger partial charge in [0.2, 0.25) is 0 Å². The zero-order valence-corrected chi connectivity index (χ0v) is 12.4. The fraction of sp³-hybridized carbons (Fsp3) is 0.562. The van der Waals surface area contributed by atoms with Crippen molar-refractivity contribution in [2.24, 2.45) is 5.92 Å². The molecular weight excluding hydrogens is 256 g/mol. The van der Waals surface area contributed by atoms with E-state index in [0.717, 1.165) is 6.42 Å². The Morgan fingerprint density at radius 2 is 1.84 bits per heavy atom. The molecule has 1 aliphatic rings. The highest BCUT2D eigenvalue weighted by molar-refractivity contribution is 7.85. The van der Waals surface area contributed by atoms with Crippen LogP contribution in [0.3, 0.4) is 0 Å². The minimum absolute atomic E-state index is 0.0129. The lowest BCUT2D eigenvalue weighted by molar-refractivity contribution is 0.102. The van der Waals surface area contributed by atoms with Crippen LogP contribution in [0.5, 0.6) is 0 Å². The van der Waals surface area contributed by atoms with Gasteiger partial charge in [-0.05, 0) is 30.7 Å². The lowest BCUT2D eigenvalue weighted by Gasteiger charge is -2.08. The predicted octanol–water partition coefficient (Wildman–Crippen LogP) is 3.37. The molecule has 0 spiro atoms. The molecule has 1 saturated carbocycles. The molecule has 0 saturated heterocycles. The van der Waals surface area contributed by atoms with Crippen LogP contribution in [0.25, 0.3) is 0 Å². The van der Waals surface area contributed by atoms with Crippen molar-refractivity contribution in [2.75, 3.05) is 11.5 Å². The molecule has 1 atom stereocenters. The molecule has 19 heavy (non-hydrogen) atoms. The Balaban J connectivity index is 1.86. The maximum Gasteiger partial charge on any atom is 0.175 e. The summed E-state index contributed by atoms with van der Waals surface area (Å²) in [4.78, 5) is 12.0. The van der Waals surface area contributed by atoms with Gasteiger partial charge in [-0.3, -0.25) is 9.00 Å². The molecule has 1 aromatic carbocycles. The van der Waals surface area contributed by atoms with Gasteiger partial charge in [0.1, 0.15) is 0 Å². The Labute approximate surface area is 118 Å². The third kappa shape index (κ3) is 4.27. The van der Waals surface area contributed by atoms with Gasteiger partial charge in [0, 0.05) is 22.1 Å². The van der Waals surface area contributed by atoms with Gasteiger partial charge in [0.15, 0.2) is 5.78 Å². The second-order valence-electron chi connectivity index (χ2n) is 5.37. The molecule has 0 amide bonds. The first-order chi connectivity index (χ1) is 9.19. The van der Waals surface area contributed by atoms with Crippen LogP contribution < -0.4 is 0 Å². The van der Waals surface area contributed by atoms with Gasteiger partial charge >= 0.3 is 0 Å². The van der Waals surface area contributed by atoms with Crippen LogP contribution in [0.4, 0.5) is 0 Å². The molecule has 0 N–H and O–H groups in total. The van der Waals surface area contributed by atoms with Gasteiger partial charge in [-0.1, -0.05) is 44.0 Å². The molecule has 1 aliphatic carbocycles. The fourth-order valence-electron chi connectivity index (χ4n) is 2.65. The monoisotopic (exact) mass is 278 g/mol. The highest BCUT2D eigenvalue weighted by atomic mass is 32.2. The zero-order chi connectivity index (χ0) is 13.7. The number of Topliss-reactive ketones (excluding diaryl/α,β-unsaturated/α-hetero) is 1. The fourth-order valence-corrected chi connectivity index (χ4v) is 4.09. The van der Waals surface area contributed by atoms with Gasteiger partial charge in [0.25, 0.3) is 0 Å². The molecule has 0 aliphatic heterocycles. The average Bonchev–Trinajstić information content (AvgIpc) is 2.91. The number of hydrogen-bond acceptors (Lipinski definition) is 2.